The van der Waals surface area contributed by atoms with Crippen LogP contribution in [-0.2, 0) is 4.79 Å². The van der Waals surface area contributed by atoms with Gasteiger partial charge in [0.25, 0.3) is 5.91 Å². The van der Waals surface area contributed by atoms with Crippen molar-refractivity contribution in [3.05, 3.63) is 47.1 Å². The molecule has 0 spiro atoms. The number of amides is 1. The average Bonchev–Trinajstić information content (AvgIpc) is 3.04. The number of carbonyl (C=O) groups excluding carboxylic acids is 1. The third-order valence-electron chi connectivity index (χ3n) is 5.12. The first kappa shape index (κ1) is 18.3. The van der Waals surface area contributed by atoms with E-state index in [4.69, 9.17) is 4.74 Å². The quantitative estimate of drug-likeness (QED) is 0.746. The maximum atomic E-state index is 12.9. The maximum absolute atomic E-state index is 12.9. The van der Waals surface area contributed by atoms with Crippen molar-refractivity contribution in [1.82, 2.24) is 9.88 Å². The first-order valence-electron chi connectivity index (χ1n) is 9.24. The fourth-order valence-electron chi connectivity index (χ4n) is 3.52. The summed E-state index contributed by atoms with van der Waals surface area (Å²) < 4.78 is 7.15. The molecule has 0 bridgehead atoms. The SMILES string of the molecule is CN1CCN(c2ncccc2OC2CCN(c3ccc(Br)cc3)C2=O)CC1. The molecule has 3 heterocycles. The van der Waals surface area contributed by atoms with E-state index in [0.717, 1.165) is 42.2 Å². The van der Waals surface area contributed by atoms with Crippen LogP contribution in [0.4, 0.5) is 11.5 Å². The molecule has 0 saturated carbocycles. The topological polar surface area (TPSA) is 48.9 Å². The lowest BCUT2D eigenvalue weighted by Gasteiger charge is -2.34. The van der Waals surface area contributed by atoms with Crippen LogP contribution < -0.4 is 14.5 Å². The van der Waals surface area contributed by atoms with Gasteiger partial charge in [0.2, 0.25) is 0 Å². The minimum atomic E-state index is -0.468. The second-order valence-corrected chi connectivity index (χ2v) is 7.89. The van der Waals surface area contributed by atoms with Crippen molar-refractivity contribution < 1.29 is 9.53 Å². The van der Waals surface area contributed by atoms with Gasteiger partial charge in [-0.15, -0.1) is 0 Å². The van der Waals surface area contributed by atoms with Gasteiger partial charge in [-0.3, -0.25) is 4.79 Å². The van der Waals surface area contributed by atoms with E-state index < -0.39 is 6.10 Å². The van der Waals surface area contributed by atoms with Crippen molar-refractivity contribution in [3.8, 4) is 5.75 Å². The van der Waals surface area contributed by atoms with Gasteiger partial charge in [-0.1, -0.05) is 15.9 Å². The number of piperazine rings is 1. The van der Waals surface area contributed by atoms with Crippen LogP contribution >= 0.6 is 15.9 Å². The number of hydrogen-bond acceptors (Lipinski definition) is 5. The predicted octanol–water partition coefficient (Wildman–Crippen LogP) is 2.78. The van der Waals surface area contributed by atoms with Gasteiger partial charge < -0.3 is 19.4 Å². The van der Waals surface area contributed by atoms with E-state index in [0.29, 0.717) is 18.7 Å². The van der Waals surface area contributed by atoms with Crippen LogP contribution in [0.2, 0.25) is 0 Å². The number of carbonyl (C=O) groups is 1. The lowest BCUT2D eigenvalue weighted by molar-refractivity contribution is -0.122. The molecule has 142 valence electrons. The molecule has 1 aromatic heterocycles. The lowest BCUT2D eigenvalue weighted by Crippen LogP contribution is -2.45. The van der Waals surface area contributed by atoms with E-state index in [1.165, 1.54) is 0 Å². The maximum Gasteiger partial charge on any atom is 0.268 e. The minimum Gasteiger partial charge on any atom is -0.477 e. The second kappa shape index (κ2) is 7.86. The molecule has 0 aliphatic carbocycles. The Kier molecular flexibility index (Phi) is 5.31. The predicted molar refractivity (Wildman–Crippen MR) is 109 cm³/mol. The van der Waals surface area contributed by atoms with Crippen LogP contribution in [-0.4, -0.2) is 61.7 Å². The Balaban J connectivity index is 1.48. The summed E-state index contributed by atoms with van der Waals surface area (Å²) in [5.74, 6) is 1.53. The molecule has 2 aliphatic rings. The number of nitrogens with zero attached hydrogens (tertiary/aromatic N) is 4. The van der Waals surface area contributed by atoms with Gasteiger partial charge in [-0.2, -0.15) is 0 Å². The third kappa shape index (κ3) is 3.94. The summed E-state index contributed by atoms with van der Waals surface area (Å²) in [7, 11) is 2.13. The average molecular weight is 431 g/mol. The van der Waals surface area contributed by atoms with E-state index >= 15 is 0 Å². The molecule has 1 amide bonds. The Morgan fingerprint density at radius 3 is 2.56 bits per heavy atom. The lowest BCUT2D eigenvalue weighted by atomic mass is 10.2. The van der Waals surface area contributed by atoms with Gasteiger partial charge in [-0.25, -0.2) is 4.98 Å². The van der Waals surface area contributed by atoms with Crippen LogP contribution in [0.5, 0.6) is 5.75 Å². The molecule has 4 rings (SSSR count). The van der Waals surface area contributed by atoms with Crippen molar-refractivity contribution in [1.29, 1.82) is 0 Å². The van der Waals surface area contributed by atoms with Gasteiger partial charge in [0.15, 0.2) is 17.7 Å². The highest BCUT2D eigenvalue weighted by atomic mass is 79.9. The summed E-state index contributed by atoms with van der Waals surface area (Å²) >= 11 is 3.43. The highest BCUT2D eigenvalue weighted by molar-refractivity contribution is 9.10. The number of likely N-dealkylation sites (N-methyl/N-ethyl adjacent to an activating group) is 1. The Morgan fingerprint density at radius 1 is 1.07 bits per heavy atom. The number of pyridine rings is 1. The molecule has 0 radical (unpaired) electrons. The Bertz CT molecular complexity index is 806. The molecule has 1 aromatic carbocycles. The number of halogens is 1. The van der Waals surface area contributed by atoms with E-state index in [2.05, 4.69) is 37.8 Å². The zero-order valence-electron chi connectivity index (χ0n) is 15.3. The molecular weight excluding hydrogens is 408 g/mol. The Hall–Kier alpha value is -2.12. The first-order valence-corrected chi connectivity index (χ1v) is 10.0. The van der Waals surface area contributed by atoms with Crippen molar-refractivity contribution >= 4 is 33.3 Å². The Labute approximate surface area is 167 Å². The van der Waals surface area contributed by atoms with Gasteiger partial charge in [0.05, 0.1) is 0 Å². The zero-order chi connectivity index (χ0) is 18.8. The molecule has 27 heavy (non-hydrogen) atoms. The monoisotopic (exact) mass is 430 g/mol. The normalized spacial score (nSPS) is 21.0. The molecule has 2 saturated heterocycles. The van der Waals surface area contributed by atoms with Crippen LogP contribution in [0, 0.1) is 0 Å². The molecule has 6 nitrogen and oxygen atoms in total. The summed E-state index contributed by atoms with van der Waals surface area (Å²) in [6, 6.07) is 11.6. The minimum absolute atomic E-state index is 0.00510. The summed E-state index contributed by atoms with van der Waals surface area (Å²) in [6.45, 7) is 4.47. The highest BCUT2D eigenvalue weighted by Gasteiger charge is 2.35. The molecule has 0 N–H and O–H groups in total. The van der Waals surface area contributed by atoms with Gasteiger partial charge in [0, 0.05) is 55.5 Å². The summed E-state index contributed by atoms with van der Waals surface area (Å²) in [4.78, 5) is 23.7. The van der Waals surface area contributed by atoms with Crippen LogP contribution in [0.15, 0.2) is 47.1 Å². The second-order valence-electron chi connectivity index (χ2n) is 6.98. The fourth-order valence-corrected chi connectivity index (χ4v) is 3.79. The Morgan fingerprint density at radius 2 is 1.81 bits per heavy atom. The van der Waals surface area contributed by atoms with Crippen molar-refractivity contribution in [2.45, 2.75) is 12.5 Å². The van der Waals surface area contributed by atoms with E-state index in [1.807, 2.05) is 36.4 Å². The summed E-state index contributed by atoms with van der Waals surface area (Å²) in [5.41, 5.74) is 0.903. The first-order chi connectivity index (χ1) is 13.1. The molecule has 1 atom stereocenters. The standard InChI is InChI=1S/C20H23BrN4O2/c1-23-11-13-24(14-12-23)19-17(3-2-9-22-19)27-18-8-10-25(20(18)26)16-6-4-15(21)5-7-16/h2-7,9,18H,8,10-14H2,1H3. The zero-order valence-corrected chi connectivity index (χ0v) is 16.9. The summed E-state index contributed by atoms with van der Waals surface area (Å²) in [6.07, 6.45) is 1.99. The largest absolute Gasteiger partial charge is 0.477 e. The van der Waals surface area contributed by atoms with E-state index in [9.17, 15) is 4.79 Å². The molecule has 2 aromatic rings. The van der Waals surface area contributed by atoms with Gasteiger partial charge >= 0.3 is 0 Å². The smallest absolute Gasteiger partial charge is 0.268 e. The van der Waals surface area contributed by atoms with E-state index in [1.54, 1.807) is 11.1 Å². The number of ether oxygens (including phenoxy) is 1. The molecule has 1 unspecified atom stereocenters. The third-order valence-corrected chi connectivity index (χ3v) is 5.65. The van der Waals surface area contributed by atoms with Crippen LogP contribution in [0.25, 0.3) is 0 Å². The number of aromatic nitrogens is 1. The number of rotatable bonds is 4. The van der Waals surface area contributed by atoms with Crippen molar-refractivity contribution in [3.63, 3.8) is 0 Å². The molecule has 7 heteroatoms. The van der Waals surface area contributed by atoms with Crippen LogP contribution in [0.3, 0.4) is 0 Å². The van der Waals surface area contributed by atoms with Gasteiger partial charge in [0.1, 0.15) is 0 Å². The van der Waals surface area contributed by atoms with Crippen LogP contribution in [0.1, 0.15) is 6.42 Å². The highest BCUT2D eigenvalue weighted by Crippen LogP contribution is 2.31. The molecular formula is C20H23BrN4O2. The summed E-state index contributed by atoms with van der Waals surface area (Å²) in [5, 5.41) is 0. The van der Waals surface area contributed by atoms with E-state index in [-0.39, 0.29) is 5.91 Å². The van der Waals surface area contributed by atoms with Gasteiger partial charge in [-0.05, 0) is 43.4 Å². The number of benzene rings is 1. The fraction of sp³-hybridized carbons (Fsp3) is 0.400. The molecule has 2 aliphatic heterocycles. The number of hydrogen-bond donors (Lipinski definition) is 0. The van der Waals surface area contributed by atoms with Crippen molar-refractivity contribution in [2.24, 2.45) is 0 Å². The number of anilines is 2. The molecule has 2 fully saturated rings. The van der Waals surface area contributed by atoms with Crippen molar-refractivity contribution in [2.75, 3.05) is 49.6 Å².